The van der Waals surface area contributed by atoms with Gasteiger partial charge in [0.2, 0.25) is 5.91 Å². The Kier molecular flexibility index (Phi) is 4.27. The van der Waals surface area contributed by atoms with E-state index in [1.807, 2.05) is 17.9 Å². The van der Waals surface area contributed by atoms with Gasteiger partial charge in [0.15, 0.2) is 0 Å². The van der Waals surface area contributed by atoms with Gasteiger partial charge in [-0.05, 0) is 38.3 Å². The van der Waals surface area contributed by atoms with Crippen molar-refractivity contribution in [2.75, 3.05) is 31.5 Å². The van der Waals surface area contributed by atoms with Crippen LogP contribution in [0.15, 0.2) is 18.3 Å². The summed E-state index contributed by atoms with van der Waals surface area (Å²) < 4.78 is 0. The monoisotopic (exact) mass is 302 g/mol. The molecule has 2 aliphatic rings. The van der Waals surface area contributed by atoms with Gasteiger partial charge in [0.1, 0.15) is 0 Å². The molecule has 6 nitrogen and oxygen atoms in total. The minimum Gasteiger partial charge on any atom is -0.341 e. The molecular formula is C16H22N4O2. The van der Waals surface area contributed by atoms with Crippen molar-refractivity contribution in [1.29, 1.82) is 0 Å². The Bertz CT molecular complexity index is 571. The maximum absolute atomic E-state index is 12.3. The number of rotatable bonds is 2. The normalized spacial score (nSPS) is 18.8. The number of amides is 3. The van der Waals surface area contributed by atoms with Crippen molar-refractivity contribution in [2.45, 2.75) is 26.2 Å². The van der Waals surface area contributed by atoms with Crippen LogP contribution in [0.25, 0.3) is 0 Å². The minimum atomic E-state index is -0.105. The smallest absolute Gasteiger partial charge is 0.321 e. The summed E-state index contributed by atoms with van der Waals surface area (Å²) in [5.74, 6) is 0.521. The van der Waals surface area contributed by atoms with Crippen LogP contribution in [-0.2, 0) is 4.79 Å². The molecule has 2 fully saturated rings. The molecule has 118 valence electrons. The van der Waals surface area contributed by atoms with Gasteiger partial charge in [-0.1, -0.05) is 0 Å². The Balaban J connectivity index is 1.55. The highest BCUT2D eigenvalue weighted by atomic mass is 16.2. The summed E-state index contributed by atoms with van der Waals surface area (Å²) in [7, 11) is 0. The molecule has 3 amide bonds. The molecule has 1 aliphatic heterocycles. The molecule has 1 N–H and O–H groups in total. The Hall–Kier alpha value is -2.11. The topological polar surface area (TPSA) is 65.5 Å². The number of urea groups is 1. The van der Waals surface area contributed by atoms with E-state index in [0.29, 0.717) is 19.6 Å². The number of pyridine rings is 1. The SMILES string of the molecule is Cc1cc(NC(=O)N2CCCN(C(=O)C3CC3)CC2)ccn1. The number of hydrogen-bond acceptors (Lipinski definition) is 3. The molecule has 3 rings (SSSR count). The lowest BCUT2D eigenvalue weighted by molar-refractivity contribution is -0.132. The molecule has 1 aromatic rings. The van der Waals surface area contributed by atoms with Gasteiger partial charge in [-0.15, -0.1) is 0 Å². The first-order valence-electron chi connectivity index (χ1n) is 7.91. The lowest BCUT2D eigenvalue weighted by Gasteiger charge is -2.22. The van der Waals surface area contributed by atoms with E-state index in [1.165, 1.54) is 0 Å². The second-order valence-electron chi connectivity index (χ2n) is 6.06. The molecule has 1 aromatic heterocycles. The molecule has 0 spiro atoms. The third-order valence-electron chi connectivity index (χ3n) is 4.17. The summed E-state index contributed by atoms with van der Waals surface area (Å²) in [5.41, 5.74) is 1.63. The lowest BCUT2D eigenvalue weighted by atomic mass is 10.3. The summed E-state index contributed by atoms with van der Waals surface area (Å²) in [5, 5.41) is 2.90. The molecule has 0 radical (unpaired) electrons. The molecule has 0 aromatic carbocycles. The van der Waals surface area contributed by atoms with Gasteiger partial charge in [0, 0.05) is 49.7 Å². The van der Waals surface area contributed by atoms with Gasteiger partial charge in [-0.3, -0.25) is 9.78 Å². The highest BCUT2D eigenvalue weighted by molar-refractivity contribution is 5.89. The molecule has 22 heavy (non-hydrogen) atoms. The average molecular weight is 302 g/mol. The molecule has 1 aliphatic carbocycles. The Labute approximate surface area is 130 Å². The van der Waals surface area contributed by atoms with Crippen LogP contribution >= 0.6 is 0 Å². The van der Waals surface area contributed by atoms with E-state index >= 15 is 0 Å². The standard InChI is InChI=1S/C16H22N4O2/c1-12-11-14(5-6-17-12)18-16(22)20-8-2-7-19(9-10-20)15(21)13-3-4-13/h5-6,11,13H,2-4,7-10H2,1H3,(H,17,18,22). The molecule has 6 heteroatoms. The number of hydrogen-bond donors (Lipinski definition) is 1. The van der Waals surface area contributed by atoms with Crippen LogP contribution in [-0.4, -0.2) is 52.9 Å². The van der Waals surface area contributed by atoms with Crippen LogP contribution in [0, 0.1) is 12.8 Å². The molecule has 0 unspecified atom stereocenters. The highest BCUT2D eigenvalue weighted by Crippen LogP contribution is 2.31. The summed E-state index contributed by atoms with van der Waals surface area (Å²) in [6, 6.07) is 3.52. The van der Waals surface area contributed by atoms with E-state index in [0.717, 1.165) is 37.2 Å². The van der Waals surface area contributed by atoms with Crippen molar-refractivity contribution >= 4 is 17.6 Å². The van der Waals surface area contributed by atoms with Crippen LogP contribution in [0.3, 0.4) is 0 Å². The first kappa shape index (κ1) is 14.8. The summed E-state index contributed by atoms with van der Waals surface area (Å²) in [6.07, 6.45) is 4.58. The third-order valence-corrected chi connectivity index (χ3v) is 4.17. The molecule has 1 saturated carbocycles. The second kappa shape index (κ2) is 6.34. The summed E-state index contributed by atoms with van der Waals surface area (Å²) in [4.78, 5) is 32.3. The fraction of sp³-hybridized carbons (Fsp3) is 0.562. The third kappa shape index (κ3) is 3.55. The second-order valence-corrected chi connectivity index (χ2v) is 6.06. The number of nitrogens with zero attached hydrogens (tertiary/aromatic N) is 3. The van der Waals surface area contributed by atoms with E-state index in [1.54, 1.807) is 17.2 Å². The minimum absolute atomic E-state index is 0.105. The molecule has 0 bridgehead atoms. The molecular weight excluding hydrogens is 280 g/mol. The van der Waals surface area contributed by atoms with Crippen molar-refractivity contribution in [3.63, 3.8) is 0 Å². The predicted octanol–water partition coefficient (Wildman–Crippen LogP) is 1.87. The van der Waals surface area contributed by atoms with Crippen LogP contribution in [0.5, 0.6) is 0 Å². The number of aromatic nitrogens is 1. The van der Waals surface area contributed by atoms with E-state index in [9.17, 15) is 9.59 Å². The Morgan fingerprint density at radius 1 is 1.18 bits per heavy atom. The van der Waals surface area contributed by atoms with Gasteiger partial charge in [0.25, 0.3) is 0 Å². The first-order chi connectivity index (χ1) is 10.6. The van der Waals surface area contributed by atoms with Gasteiger partial charge >= 0.3 is 6.03 Å². The zero-order valence-corrected chi connectivity index (χ0v) is 12.9. The lowest BCUT2D eigenvalue weighted by Crippen LogP contribution is -2.39. The van der Waals surface area contributed by atoms with E-state index in [4.69, 9.17) is 0 Å². The van der Waals surface area contributed by atoms with Crippen molar-refractivity contribution < 1.29 is 9.59 Å². The van der Waals surface area contributed by atoms with Crippen molar-refractivity contribution in [2.24, 2.45) is 5.92 Å². The number of nitrogens with one attached hydrogen (secondary N) is 1. The fourth-order valence-electron chi connectivity index (χ4n) is 2.76. The predicted molar refractivity (Wildman–Crippen MR) is 83.5 cm³/mol. The number of carbonyl (C=O) groups is 2. The number of carbonyl (C=O) groups excluding carboxylic acids is 2. The zero-order chi connectivity index (χ0) is 15.5. The van der Waals surface area contributed by atoms with Crippen LogP contribution in [0.4, 0.5) is 10.5 Å². The van der Waals surface area contributed by atoms with Gasteiger partial charge < -0.3 is 15.1 Å². The van der Waals surface area contributed by atoms with Gasteiger partial charge in [-0.2, -0.15) is 0 Å². The van der Waals surface area contributed by atoms with Gasteiger partial charge in [0.05, 0.1) is 0 Å². The van der Waals surface area contributed by atoms with Gasteiger partial charge in [-0.25, -0.2) is 4.79 Å². The van der Waals surface area contributed by atoms with Crippen LogP contribution in [0.1, 0.15) is 25.0 Å². The van der Waals surface area contributed by atoms with Crippen molar-refractivity contribution in [3.8, 4) is 0 Å². The van der Waals surface area contributed by atoms with Crippen molar-refractivity contribution in [1.82, 2.24) is 14.8 Å². The first-order valence-corrected chi connectivity index (χ1v) is 7.91. The zero-order valence-electron chi connectivity index (χ0n) is 12.9. The maximum atomic E-state index is 12.3. The maximum Gasteiger partial charge on any atom is 0.321 e. The molecule has 0 atom stereocenters. The quantitative estimate of drug-likeness (QED) is 0.907. The van der Waals surface area contributed by atoms with E-state index in [2.05, 4.69) is 10.3 Å². The van der Waals surface area contributed by atoms with Crippen molar-refractivity contribution in [3.05, 3.63) is 24.0 Å². The van der Waals surface area contributed by atoms with E-state index < -0.39 is 0 Å². The molecule has 1 saturated heterocycles. The fourth-order valence-corrected chi connectivity index (χ4v) is 2.76. The summed E-state index contributed by atoms with van der Waals surface area (Å²) in [6.45, 7) is 4.56. The number of anilines is 1. The Morgan fingerprint density at radius 3 is 2.64 bits per heavy atom. The van der Waals surface area contributed by atoms with Crippen LogP contribution in [0.2, 0.25) is 0 Å². The largest absolute Gasteiger partial charge is 0.341 e. The molecule has 2 heterocycles. The number of aryl methyl sites for hydroxylation is 1. The highest BCUT2D eigenvalue weighted by Gasteiger charge is 2.34. The Morgan fingerprint density at radius 2 is 1.91 bits per heavy atom. The van der Waals surface area contributed by atoms with E-state index in [-0.39, 0.29) is 17.9 Å². The average Bonchev–Trinajstić information content (AvgIpc) is 3.33. The summed E-state index contributed by atoms with van der Waals surface area (Å²) >= 11 is 0. The van der Waals surface area contributed by atoms with Crippen LogP contribution < -0.4 is 5.32 Å².